The van der Waals surface area contributed by atoms with E-state index in [0.29, 0.717) is 5.92 Å². The van der Waals surface area contributed by atoms with E-state index in [1.807, 2.05) is 0 Å². The Morgan fingerprint density at radius 3 is 1.86 bits per heavy atom. The summed E-state index contributed by atoms with van der Waals surface area (Å²) < 4.78 is 13.3. The predicted molar refractivity (Wildman–Crippen MR) is 91.6 cm³/mol. The van der Waals surface area contributed by atoms with Crippen molar-refractivity contribution in [3.8, 4) is 0 Å². The lowest BCUT2D eigenvalue weighted by molar-refractivity contribution is 0.0484. The topological polar surface area (TPSA) is 20.2 Å². The summed E-state index contributed by atoms with van der Waals surface area (Å²) >= 11 is 0. The molecule has 0 amide bonds. The van der Waals surface area contributed by atoms with Gasteiger partial charge in [0.15, 0.2) is 0 Å². The van der Waals surface area contributed by atoms with Gasteiger partial charge < -0.3 is 5.11 Å². The van der Waals surface area contributed by atoms with E-state index in [1.54, 1.807) is 0 Å². The molecule has 0 radical (unpaired) electrons. The molecular weight excluding hydrogens is 275 g/mol. The molecule has 0 bridgehead atoms. The lowest BCUT2D eigenvalue weighted by atomic mass is 9.69. The molecule has 1 N–H and O–H groups in total. The summed E-state index contributed by atoms with van der Waals surface area (Å²) in [6.45, 7) is 4.54. The second-order valence-electron chi connectivity index (χ2n) is 8.43. The van der Waals surface area contributed by atoms with Crippen LogP contribution in [0.4, 0.5) is 4.39 Å². The van der Waals surface area contributed by atoms with Crippen LogP contribution in [0, 0.1) is 23.7 Å². The van der Waals surface area contributed by atoms with Gasteiger partial charge in [0.1, 0.15) is 6.17 Å². The fraction of sp³-hybridized carbons (Fsp3) is 1.00. The molecule has 1 atom stereocenters. The van der Waals surface area contributed by atoms with E-state index in [-0.39, 0.29) is 6.10 Å². The third-order valence-electron chi connectivity index (χ3n) is 6.26. The Morgan fingerprint density at radius 1 is 0.818 bits per heavy atom. The fourth-order valence-corrected chi connectivity index (χ4v) is 4.69. The van der Waals surface area contributed by atoms with E-state index in [4.69, 9.17) is 0 Å². The summed E-state index contributed by atoms with van der Waals surface area (Å²) in [5, 5.41) is 10.4. The molecule has 2 rings (SSSR count). The Morgan fingerprint density at radius 2 is 1.32 bits per heavy atom. The standard InChI is InChI=1S/C20H37FO/c1-15(2)5-3-4-6-20(22)18-9-7-16(8-10-18)17-11-13-19(21)14-12-17/h15-20,22H,3-14H2,1-2H3/t16?,17?,18?,19?,20-/m1/s1. The van der Waals surface area contributed by atoms with Crippen molar-refractivity contribution >= 4 is 0 Å². The highest BCUT2D eigenvalue weighted by Crippen LogP contribution is 2.41. The number of aliphatic hydroxyl groups is 1. The van der Waals surface area contributed by atoms with Crippen molar-refractivity contribution in [2.45, 2.75) is 103 Å². The average molecular weight is 313 g/mol. The van der Waals surface area contributed by atoms with E-state index < -0.39 is 6.17 Å². The molecular formula is C20H37FO. The Labute approximate surface area is 137 Å². The summed E-state index contributed by atoms with van der Waals surface area (Å²) in [5.74, 6) is 2.91. The van der Waals surface area contributed by atoms with Gasteiger partial charge in [-0.1, -0.05) is 33.1 Å². The van der Waals surface area contributed by atoms with E-state index in [9.17, 15) is 9.50 Å². The van der Waals surface area contributed by atoms with Crippen molar-refractivity contribution in [1.82, 2.24) is 0 Å². The average Bonchev–Trinajstić information content (AvgIpc) is 2.52. The highest BCUT2D eigenvalue weighted by atomic mass is 19.1. The third-order valence-corrected chi connectivity index (χ3v) is 6.26. The minimum Gasteiger partial charge on any atom is -0.393 e. The van der Waals surface area contributed by atoms with Crippen LogP contribution in [0.2, 0.25) is 0 Å². The number of hydrogen-bond acceptors (Lipinski definition) is 1. The lowest BCUT2D eigenvalue weighted by Crippen LogP contribution is -2.30. The molecule has 0 aliphatic heterocycles. The maximum absolute atomic E-state index is 13.3. The van der Waals surface area contributed by atoms with Gasteiger partial charge in [0.05, 0.1) is 6.10 Å². The molecule has 0 aromatic rings. The third kappa shape index (κ3) is 5.83. The van der Waals surface area contributed by atoms with Gasteiger partial charge in [-0.25, -0.2) is 4.39 Å². The van der Waals surface area contributed by atoms with Crippen LogP contribution in [0.3, 0.4) is 0 Å². The second kappa shape index (κ2) is 9.25. The van der Waals surface area contributed by atoms with Crippen LogP contribution in [0.25, 0.3) is 0 Å². The molecule has 0 unspecified atom stereocenters. The Hall–Kier alpha value is -0.110. The molecule has 2 fully saturated rings. The first-order chi connectivity index (χ1) is 10.6. The van der Waals surface area contributed by atoms with Crippen LogP contribution in [-0.4, -0.2) is 17.4 Å². The summed E-state index contributed by atoms with van der Waals surface area (Å²) in [7, 11) is 0. The lowest BCUT2D eigenvalue weighted by Gasteiger charge is -2.37. The molecule has 0 heterocycles. The molecule has 0 spiro atoms. The highest BCUT2D eigenvalue weighted by molar-refractivity contribution is 4.83. The zero-order chi connectivity index (χ0) is 15.9. The number of alkyl halides is 1. The normalized spacial score (nSPS) is 34.8. The molecule has 2 aliphatic rings. The molecule has 2 heteroatoms. The van der Waals surface area contributed by atoms with E-state index in [0.717, 1.165) is 49.9 Å². The molecule has 0 saturated heterocycles. The molecule has 0 aromatic heterocycles. The van der Waals surface area contributed by atoms with Crippen LogP contribution in [-0.2, 0) is 0 Å². The van der Waals surface area contributed by atoms with Gasteiger partial charge in [-0.15, -0.1) is 0 Å². The van der Waals surface area contributed by atoms with Crippen molar-refractivity contribution in [2.75, 3.05) is 0 Å². The zero-order valence-electron chi connectivity index (χ0n) is 14.8. The molecule has 130 valence electrons. The summed E-state index contributed by atoms with van der Waals surface area (Å²) in [6.07, 6.45) is 12.9. The van der Waals surface area contributed by atoms with Crippen molar-refractivity contribution in [1.29, 1.82) is 0 Å². The maximum atomic E-state index is 13.3. The fourth-order valence-electron chi connectivity index (χ4n) is 4.69. The molecule has 22 heavy (non-hydrogen) atoms. The van der Waals surface area contributed by atoms with Gasteiger partial charge in [-0.3, -0.25) is 0 Å². The predicted octanol–water partition coefficient (Wildman–Crippen LogP) is 5.90. The summed E-state index contributed by atoms with van der Waals surface area (Å²) in [6, 6.07) is 0. The van der Waals surface area contributed by atoms with Gasteiger partial charge in [0, 0.05) is 0 Å². The minimum atomic E-state index is -0.528. The van der Waals surface area contributed by atoms with Crippen LogP contribution < -0.4 is 0 Å². The summed E-state index contributed by atoms with van der Waals surface area (Å²) in [4.78, 5) is 0. The first kappa shape index (κ1) is 18.2. The van der Waals surface area contributed by atoms with Crippen molar-refractivity contribution in [3.63, 3.8) is 0 Å². The Balaban J connectivity index is 1.61. The first-order valence-corrected chi connectivity index (χ1v) is 9.88. The van der Waals surface area contributed by atoms with Crippen molar-refractivity contribution in [2.24, 2.45) is 23.7 Å². The highest BCUT2D eigenvalue weighted by Gasteiger charge is 2.32. The van der Waals surface area contributed by atoms with Crippen LogP contribution in [0.5, 0.6) is 0 Å². The number of aliphatic hydroxyl groups excluding tert-OH is 1. The second-order valence-corrected chi connectivity index (χ2v) is 8.43. The van der Waals surface area contributed by atoms with Gasteiger partial charge >= 0.3 is 0 Å². The Bertz CT molecular complexity index is 288. The first-order valence-electron chi connectivity index (χ1n) is 9.88. The van der Waals surface area contributed by atoms with Crippen molar-refractivity contribution in [3.05, 3.63) is 0 Å². The minimum absolute atomic E-state index is 0.0744. The van der Waals surface area contributed by atoms with Gasteiger partial charge in [-0.05, 0) is 81.5 Å². The number of hydrogen-bond donors (Lipinski definition) is 1. The number of unbranched alkanes of at least 4 members (excludes halogenated alkanes) is 1. The van der Waals surface area contributed by atoms with E-state index in [1.165, 1.54) is 44.9 Å². The van der Waals surface area contributed by atoms with E-state index >= 15 is 0 Å². The van der Waals surface area contributed by atoms with Crippen LogP contribution in [0.1, 0.15) is 90.9 Å². The molecule has 1 nitrogen and oxygen atoms in total. The quantitative estimate of drug-likeness (QED) is 0.580. The van der Waals surface area contributed by atoms with Gasteiger partial charge in [-0.2, -0.15) is 0 Å². The van der Waals surface area contributed by atoms with E-state index in [2.05, 4.69) is 13.8 Å². The molecule has 2 saturated carbocycles. The Kier molecular flexibility index (Phi) is 7.67. The number of halogens is 1. The van der Waals surface area contributed by atoms with Crippen molar-refractivity contribution < 1.29 is 9.50 Å². The number of rotatable bonds is 7. The van der Waals surface area contributed by atoms with Crippen LogP contribution >= 0.6 is 0 Å². The largest absolute Gasteiger partial charge is 0.393 e. The monoisotopic (exact) mass is 312 g/mol. The SMILES string of the molecule is CC(C)CCCC[C@@H](O)C1CCC(C2CCC(F)CC2)CC1. The summed E-state index contributed by atoms with van der Waals surface area (Å²) in [5.41, 5.74) is 0. The molecule has 2 aliphatic carbocycles. The maximum Gasteiger partial charge on any atom is 0.100 e. The smallest absolute Gasteiger partial charge is 0.100 e. The zero-order valence-corrected chi connectivity index (χ0v) is 14.8. The van der Waals surface area contributed by atoms with Crippen LogP contribution in [0.15, 0.2) is 0 Å². The van der Waals surface area contributed by atoms with Gasteiger partial charge in [0.2, 0.25) is 0 Å². The van der Waals surface area contributed by atoms with Gasteiger partial charge in [0.25, 0.3) is 0 Å². The molecule has 0 aromatic carbocycles.